The standard InChI is InChI=1S/C28H24F3N5O6S/c1-17(41-26(38)40-16-27(2,3)25(37)39-14-18-8-5-4-6-9-18)36-34-21(13-32)23(35-36)22-15-43-24(33-22)19-10-7-11-20(12-19)42-28(29,30)31/h4-12,15,17H,14,16H2,1-3H3. The van der Waals surface area contributed by atoms with Crippen LogP contribution in [-0.4, -0.2) is 45.1 Å². The van der Waals surface area contributed by atoms with Gasteiger partial charge >= 0.3 is 18.5 Å². The third-order valence-electron chi connectivity index (χ3n) is 5.70. The lowest BCUT2D eigenvalue weighted by Crippen LogP contribution is -2.33. The molecule has 2 aromatic heterocycles. The number of ether oxygens (including phenoxy) is 4. The predicted molar refractivity (Wildman–Crippen MR) is 145 cm³/mol. The molecule has 0 saturated carbocycles. The molecule has 2 aromatic carbocycles. The number of hydrogen-bond acceptors (Lipinski definition) is 11. The fourth-order valence-electron chi connectivity index (χ4n) is 3.51. The second-order valence-electron chi connectivity index (χ2n) is 9.64. The second-order valence-corrected chi connectivity index (χ2v) is 10.5. The second kappa shape index (κ2) is 12.9. The van der Waals surface area contributed by atoms with Gasteiger partial charge in [-0.3, -0.25) is 4.79 Å². The Hall–Kier alpha value is -4.97. The van der Waals surface area contributed by atoms with Crippen molar-refractivity contribution in [2.45, 2.75) is 40.0 Å². The number of halogens is 3. The van der Waals surface area contributed by atoms with Gasteiger partial charge in [0, 0.05) is 10.9 Å². The van der Waals surface area contributed by atoms with Crippen LogP contribution in [0.15, 0.2) is 60.0 Å². The number of rotatable bonds is 10. The first kappa shape index (κ1) is 31.0. The van der Waals surface area contributed by atoms with Crippen molar-refractivity contribution in [2.75, 3.05) is 6.61 Å². The minimum Gasteiger partial charge on any atom is -0.460 e. The number of carbonyl (C=O) groups excluding carboxylic acids is 2. The molecule has 1 unspecified atom stereocenters. The van der Waals surface area contributed by atoms with Crippen LogP contribution in [0.4, 0.5) is 18.0 Å². The Morgan fingerprint density at radius 3 is 2.51 bits per heavy atom. The van der Waals surface area contributed by atoms with Gasteiger partial charge < -0.3 is 18.9 Å². The van der Waals surface area contributed by atoms with Gasteiger partial charge in [-0.25, -0.2) is 9.78 Å². The smallest absolute Gasteiger partial charge is 0.460 e. The van der Waals surface area contributed by atoms with Crippen LogP contribution in [0.1, 0.15) is 38.3 Å². The number of benzene rings is 2. The van der Waals surface area contributed by atoms with E-state index in [0.29, 0.717) is 10.6 Å². The molecule has 1 atom stereocenters. The molecule has 0 saturated heterocycles. The SMILES string of the molecule is CC(OC(=O)OCC(C)(C)C(=O)OCc1ccccc1)n1nc(C#N)c(-c2csc(-c3cccc(OC(F)(F)F)c3)n2)n1. The first-order valence-electron chi connectivity index (χ1n) is 12.6. The van der Waals surface area contributed by atoms with Gasteiger partial charge in [0.05, 0.1) is 5.41 Å². The molecule has 0 amide bonds. The molecule has 15 heteroatoms. The maximum Gasteiger partial charge on any atom is 0.573 e. The zero-order chi connectivity index (χ0) is 31.2. The molecule has 43 heavy (non-hydrogen) atoms. The van der Waals surface area contributed by atoms with E-state index in [1.165, 1.54) is 19.1 Å². The quantitative estimate of drug-likeness (QED) is 0.187. The van der Waals surface area contributed by atoms with E-state index in [-0.39, 0.29) is 30.3 Å². The monoisotopic (exact) mass is 615 g/mol. The molecule has 0 aliphatic heterocycles. The van der Waals surface area contributed by atoms with Crippen LogP contribution >= 0.6 is 11.3 Å². The summed E-state index contributed by atoms with van der Waals surface area (Å²) >= 11 is 1.11. The number of aromatic nitrogens is 4. The molecular formula is C28H24F3N5O6S. The van der Waals surface area contributed by atoms with Gasteiger partial charge in [0.1, 0.15) is 35.7 Å². The summed E-state index contributed by atoms with van der Waals surface area (Å²) in [4.78, 5) is 30.2. The van der Waals surface area contributed by atoms with E-state index in [1.807, 2.05) is 36.4 Å². The molecule has 0 spiro atoms. The minimum absolute atomic E-state index is 0.0679. The van der Waals surface area contributed by atoms with Crippen LogP contribution in [0, 0.1) is 16.7 Å². The molecular weight excluding hydrogens is 591 g/mol. The van der Waals surface area contributed by atoms with E-state index in [2.05, 4.69) is 19.9 Å². The van der Waals surface area contributed by atoms with E-state index in [0.717, 1.165) is 27.8 Å². The van der Waals surface area contributed by atoms with Crippen molar-refractivity contribution in [3.05, 3.63) is 71.2 Å². The highest BCUT2D eigenvalue weighted by molar-refractivity contribution is 7.13. The summed E-state index contributed by atoms with van der Waals surface area (Å²) in [5.41, 5.74) is 0.173. The maximum atomic E-state index is 12.6. The molecule has 0 fully saturated rings. The Kier molecular flexibility index (Phi) is 9.30. The van der Waals surface area contributed by atoms with Crippen LogP contribution in [-0.2, 0) is 25.6 Å². The number of hydrogen-bond donors (Lipinski definition) is 0. The molecule has 224 valence electrons. The van der Waals surface area contributed by atoms with Crippen molar-refractivity contribution < 1.29 is 41.7 Å². The van der Waals surface area contributed by atoms with Crippen molar-refractivity contribution in [1.29, 1.82) is 5.26 Å². The van der Waals surface area contributed by atoms with Crippen LogP contribution in [0.25, 0.3) is 22.0 Å². The lowest BCUT2D eigenvalue weighted by atomic mass is 9.95. The number of carbonyl (C=O) groups is 2. The fourth-order valence-corrected chi connectivity index (χ4v) is 4.31. The third-order valence-corrected chi connectivity index (χ3v) is 6.60. The average Bonchev–Trinajstić information content (AvgIpc) is 3.62. The van der Waals surface area contributed by atoms with Gasteiger partial charge in [0.2, 0.25) is 6.23 Å². The van der Waals surface area contributed by atoms with E-state index in [1.54, 1.807) is 25.3 Å². The number of thiazole rings is 1. The van der Waals surface area contributed by atoms with Gasteiger partial charge in [-0.2, -0.15) is 5.26 Å². The zero-order valence-electron chi connectivity index (χ0n) is 23.0. The minimum atomic E-state index is -4.84. The highest BCUT2D eigenvalue weighted by Gasteiger charge is 2.33. The Balaban J connectivity index is 1.37. The number of alkyl halides is 3. The first-order valence-corrected chi connectivity index (χ1v) is 13.5. The maximum absolute atomic E-state index is 12.6. The molecule has 0 aliphatic carbocycles. The van der Waals surface area contributed by atoms with Gasteiger partial charge in [0.15, 0.2) is 11.4 Å². The Morgan fingerprint density at radius 1 is 1.07 bits per heavy atom. The summed E-state index contributed by atoms with van der Waals surface area (Å²) in [6.45, 7) is 4.28. The van der Waals surface area contributed by atoms with Crippen molar-refractivity contribution >= 4 is 23.5 Å². The van der Waals surface area contributed by atoms with Crippen molar-refractivity contribution in [2.24, 2.45) is 5.41 Å². The van der Waals surface area contributed by atoms with Gasteiger partial charge in [-0.15, -0.1) is 39.5 Å². The molecule has 11 nitrogen and oxygen atoms in total. The summed E-state index contributed by atoms with van der Waals surface area (Å²) in [5.74, 6) is -0.979. The van der Waals surface area contributed by atoms with Crippen LogP contribution < -0.4 is 4.74 Å². The van der Waals surface area contributed by atoms with Crippen molar-refractivity contribution in [1.82, 2.24) is 20.0 Å². The molecule has 2 heterocycles. The molecule has 0 radical (unpaired) electrons. The van der Waals surface area contributed by atoms with Crippen molar-refractivity contribution in [3.63, 3.8) is 0 Å². The molecule has 4 rings (SSSR count). The number of esters is 1. The van der Waals surface area contributed by atoms with Gasteiger partial charge in [-0.05, 0) is 38.5 Å². The first-order chi connectivity index (χ1) is 20.3. The topological polar surface area (TPSA) is 138 Å². The Morgan fingerprint density at radius 2 is 1.81 bits per heavy atom. The van der Waals surface area contributed by atoms with Crippen molar-refractivity contribution in [3.8, 4) is 33.8 Å². The zero-order valence-corrected chi connectivity index (χ0v) is 23.8. The van der Waals surface area contributed by atoms with Gasteiger partial charge in [0.25, 0.3) is 0 Å². The normalized spacial score (nSPS) is 12.2. The summed E-state index contributed by atoms with van der Waals surface area (Å²) in [6, 6.07) is 16.3. The Bertz CT molecular complexity index is 1630. The van der Waals surface area contributed by atoms with E-state index < -0.39 is 35.9 Å². The molecule has 0 aliphatic rings. The molecule has 0 bridgehead atoms. The fraction of sp³-hybridized carbons (Fsp3) is 0.286. The van der Waals surface area contributed by atoms with Crippen LogP contribution in [0.2, 0.25) is 0 Å². The summed E-state index contributed by atoms with van der Waals surface area (Å²) in [6.07, 6.45) is -7.07. The molecule has 0 N–H and O–H groups in total. The third kappa shape index (κ3) is 8.29. The number of nitrogens with zero attached hydrogens (tertiary/aromatic N) is 5. The molecule has 4 aromatic rings. The lowest BCUT2D eigenvalue weighted by Gasteiger charge is -2.22. The Labute approximate surface area is 247 Å². The van der Waals surface area contributed by atoms with Crippen LogP contribution in [0.3, 0.4) is 0 Å². The largest absolute Gasteiger partial charge is 0.573 e. The van der Waals surface area contributed by atoms with Crippen LogP contribution in [0.5, 0.6) is 5.75 Å². The number of nitriles is 1. The predicted octanol–water partition coefficient (Wildman–Crippen LogP) is 6.28. The summed E-state index contributed by atoms with van der Waals surface area (Å²) < 4.78 is 57.4. The lowest BCUT2D eigenvalue weighted by molar-refractivity contribution is -0.274. The summed E-state index contributed by atoms with van der Waals surface area (Å²) in [5, 5.41) is 19.7. The van der Waals surface area contributed by atoms with E-state index in [9.17, 15) is 28.0 Å². The van der Waals surface area contributed by atoms with Gasteiger partial charge in [-0.1, -0.05) is 42.5 Å². The highest BCUT2D eigenvalue weighted by atomic mass is 32.1. The average molecular weight is 616 g/mol. The highest BCUT2D eigenvalue weighted by Crippen LogP contribution is 2.32. The van der Waals surface area contributed by atoms with E-state index in [4.69, 9.17) is 14.2 Å². The van der Waals surface area contributed by atoms with E-state index >= 15 is 0 Å². The summed E-state index contributed by atoms with van der Waals surface area (Å²) in [7, 11) is 0.